The number of carbonyl (C=O) groups is 1. The van der Waals surface area contributed by atoms with Crippen molar-refractivity contribution >= 4 is 5.91 Å². The third-order valence-corrected chi connectivity index (χ3v) is 13.4. The summed E-state index contributed by atoms with van der Waals surface area (Å²) in [4.78, 5) is 12.5. The normalized spacial score (nSPS) is 13.4. The predicted molar refractivity (Wildman–Crippen MR) is 303 cm³/mol. The molecule has 0 aromatic heterocycles. The number of carbonyl (C=O) groups excluding carboxylic acids is 1. The Balaban J connectivity index is 3.48. The van der Waals surface area contributed by atoms with Gasteiger partial charge in [-0.3, -0.25) is 4.79 Å². The van der Waals surface area contributed by atoms with Gasteiger partial charge in [0.25, 0.3) is 0 Å². The SMILES string of the molecule is CC/C=C\C/C=C\C/C=C\C/C=C\C/C=C\C/C=C\C/C=C\CCCCCCCCCCCCCCCCCC(=O)NC(CO)C(O)CCCCCCCCCCCCCCCCCCCCC. The molecule has 68 heavy (non-hydrogen) atoms. The molecule has 3 N–H and O–H groups in total. The first kappa shape index (κ1) is 65.6. The molecular weight excluding hydrogens is 831 g/mol. The summed E-state index contributed by atoms with van der Waals surface area (Å²) in [6, 6.07) is -0.540. The fourth-order valence-electron chi connectivity index (χ4n) is 8.93. The first-order valence-electron chi connectivity index (χ1n) is 29.8. The number of hydrogen-bond acceptors (Lipinski definition) is 3. The van der Waals surface area contributed by atoms with Crippen LogP contribution >= 0.6 is 0 Å². The molecule has 0 fully saturated rings. The minimum absolute atomic E-state index is 0.0307. The molecule has 0 heterocycles. The molecule has 0 bridgehead atoms. The maximum Gasteiger partial charge on any atom is 0.220 e. The standard InChI is InChI=1S/C64H115NO3/c1-3-5-7-9-11-13-15-17-19-21-23-24-25-26-27-28-29-30-31-32-33-34-35-36-37-38-39-40-42-44-46-48-50-52-54-56-58-60-64(68)65-62(61-66)63(67)59-57-55-53-51-49-47-45-43-41-22-20-18-16-14-12-10-8-6-4-2/h5,7,11,13,17,19,23-24,26-27,29-30,32-33,62-63,66-67H,3-4,6,8-10,12,14-16,18,20-22,25,28,31,34-61H2,1-2H3,(H,65,68)/b7-5-,13-11-,19-17-,24-23-,27-26-,30-29-,33-32-. The molecule has 2 unspecified atom stereocenters. The molecule has 0 spiro atoms. The Bertz CT molecular complexity index is 1210. The fourth-order valence-corrected chi connectivity index (χ4v) is 8.93. The number of aliphatic hydroxyl groups excluding tert-OH is 2. The highest BCUT2D eigenvalue weighted by molar-refractivity contribution is 5.76. The number of amides is 1. The Labute approximate surface area is 424 Å². The minimum Gasteiger partial charge on any atom is -0.394 e. The zero-order valence-corrected chi connectivity index (χ0v) is 45.4. The van der Waals surface area contributed by atoms with Gasteiger partial charge >= 0.3 is 0 Å². The summed E-state index contributed by atoms with van der Waals surface area (Å²) in [5.41, 5.74) is 0. The Hall–Kier alpha value is -2.43. The van der Waals surface area contributed by atoms with Gasteiger partial charge in [-0.25, -0.2) is 0 Å². The van der Waals surface area contributed by atoms with E-state index in [1.54, 1.807) is 0 Å². The van der Waals surface area contributed by atoms with E-state index < -0.39 is 12.1 Å². The van der Waals surface area contributed by atoms with Crippen LogP contribution in [0.5, 0.6) is 0 Å². The Morgan fingerprint density at radius 3 is 0.971 bits per heavy atom. The van der Waals surface area contributed by atoms with Crippen LogP contribution in [0.25, 0.3) is 0 Å². The lowest BCUT2D eigenvalue weighted by Crippen LogP contribution is -2.45. The summed E-state index contributed by atoms with van der Waals surface area (Å²) in [5.74, 6) is -0.0307. The number of allylic oxidation sites excluding steroid dienone is 14. The number of rotatable bonds is 54. The Kier molecular flexibility index (Phi) is 56.8. The van der Waals surface area contributed by atoms with Crippen LogP contribution in [0.15, 0.2) is 85.1 Å². The molecule has 0 saturated carbocycles. The van der Waals surface area contributed by atoms with E-state index in [0.29, 0.717) is 12.8 Å². The van der Waals surface area contributed by atoms with E-state index in [4.69, 9.17) is 0 Å². The van der Waals surface area contributed by atoms with Crippen molar-refractivity contribution in [3.8, 4) is 0 Å². The first-order valence-corrected chi connectivity index (χ1v) is 29.8. The molecule has 0 aliphatic heterocycles. The van der Waals surface area contributed by atoms with Crippen molar-refractivity contribution in [1.82, 2.24) is 5.32 Å². The van der Waals surface area contributed by atoms with Crippen molar-refractivity contribution in [3.63, 3.8) is 0 Å². The van der Waals surface area contributed by atoms with Gasteiger partial charge in [-0.1, -0.05) is 304 Å². The molecule has 0 aromatic carbocycles. The second-order valence-corrected chi connectivity index (χ2v) is 20.0. The van der Waals surface area contributed by atoms with Crippen LogP contribution in [0.1, 0.15) is 296 Å². The van der Waals surface area contributed by atoms with Gasteiger partial charge in [-0.15, -0.1) is 0 Å². The maximum atomic E-state index is 12.5. The van der Waals surface area contributed by atoms with Gasteiger partial charge < -0.3 is 15.5 Å². The molecule has 394 valence electrons. The lowest BCUT2D eigenvalue weighted by Gasteiger charge is -2.22. The van der Waals surface area contributed by atoms with Crippen molar-refractivity contribution in [3.05, 3.63) is 85.1 Å². The molecule has 0 saturated heterocycles. The Morgan fingerprint density at radius 2 is 0.647 bits per heavy atom. The van der Waals surface area contributed by atoms with Crippen molar-refractivity contribution in [1.29, 1.82) is 0 Å². The molecule has 0 radical (unpaired) electrons. The van der Waals surface area contributed by atoms with Gasteiger partial charge in [-0.2, -0.15) is 0 Å². The van der Waals surface area contributed by atoms with Crippen LogP contribution in [0.4, 0.5) is 0 Å². The maximum absolute atomic E-state index is 12.5. The van der Waals surface area contributed by atoms with E-state index in [2.05, 4.69) is 104 Å². The van der Waals surface area contributed by atoms with Gasteiger partial charge in [0, 0.05) is 6.42 Å². The minimum atomic E-state index is -0.663. The average molecular weight is 947 g/mol. The quantitative estimate of drug-likeness (QED) is 0.0420. The van der Waals surface area contributed by atoms with E-state index in [9.17, 15) is 15.0 Å². The molecule has 1 amide bonds. The van der Waals surface area contributed by atoms with E-state index in [1.807, 2.05) is 0 Å². The summed E-state index contributed by atoms with van der Waals surface area (Å²) < 4.78 is 0. The number of unbranched alkanes of at least 4 members (excludes halogenated alkanes) is 33. The zero-order chi connectivity index (χ0) is 49.2. The van der Waals surface area contributed by atoms with Crippen LogP contribution < -0.4 is 5.32 Å². The van der Waals surface area contributed by atoms with Crippen LogP contribution in [-0.2, 0) is 4.79 Å². The highest BCUT2D eigenvalue weighted by atomic mass is 16.3. The molecule has 4 nitrogen and oxygen atoms in total. The lowest BCUT2D eigenvalue weighted by molar-refractivity contribution is -0.123. The molecular formula is C64H115NO3. The summed E-state index contributed by atoms with van der Waals surface area (Å²) in [6.45, 7) is 4.26. The molecule has 4 heteroatoms. The van der Waals surface area contributed by atoms with E-state index in [1.165, 1.54) is 199 Å². The van der Waals surface area contributed by atoms with E-state index >= 15 is 0 Å². The molecule has 0 aromatic rings. The summed E-state index contributed by atoms with van der Waals surface area (Å²) in [7, 11) is 0. The van der Waals surface area contributed by atoms with Crippen molar-refractivity contribution in [2.75, 3.05) is 6.61 Å². The van der Waals surface area contributed by atoms with Gasteiger partial charge in [0.15, 0.2) is 0 Å². The fraction of sp³-hybridized carbons (Fsp3) is 0.766. The molecule has 0 aliphatic carbocycles. The first-order chi connectivity index (χ1) is 33.7. The highest BCUT2D eigenvalue weighted by Crippen LogP contribution is 2.17. The topological polar surface area (TPSA) is 69.6 Å². The third-order valence-electron chi connectivity index (χ3n) is 13.4. The predicted octanol–water partition coefficient (Wildman–Crippen LogP) is 19.9. The van der Waals surface area contributed by atoms with Crippen molar-refractivity contribution in [2.24, 2.45) is 0 Å². The zero-order valence-electron chi connectivity index (χ0n) is 45.4. The van der Waals surface area contributed by atoms with Gasteiger partial charge in [-0.05, 0) is 70.6 Å². The van der Waals surface area contributed by atoms with Gasteiger partial charge in [0.1, 0.15) is 0 Å². The van der Waals surface area contributed by atoms with Crippen molar-refractivity contribution in [2.45, 2.75) is 309 Å². The second kappa shape index (κ2) is 58.9. The number of nitrogens with one attached hydrogen (secondary N) is 1. The van der Waals surface area contributed by atoms with Crippen LogP contribution in [0, 0.1) is 0 Å². The third kappa shape index (κ3) is 54.5. The summed E-state index contributed by atoms with van der Waals surface area (Å²) in [6.07, 6.45) is 85.8. The Morgan fingerprint density at radius 1 is 0.368 bits per heavy atom. The van der Waals surface area contributed by atoms with Crippen LogP contribution in [-0.4, -0.2) is 34.9 Å². The van der Waals surface area contributed by atoms with E-state index in [0.717, 1.165) is 70.6 Å². The van der Waals surface area contributed by atoms with E-state index in [-0.39, 0.29) is 12.5 Å². The molecule has 0 aliphatic rings. The summed E-state index contributed by atoms with van der Waals surface area (Å²) in [5, 5.41) is 23.4. The van der Waals surface area contributed by atoms with Gasteiger partial charge in [0.05, 0.1) is 18.8 Å². The molecule has 0 rings (SSSR count). The van der Waals surface area contributed by atoms with Crippen LogP contribution in [0.3, 0.4) is 0 Å². The lowest BCUT2D eigenvalue weighted by atomic mass is 10.0. The van der Waals surface area contributed by atoms with Crippen molar-refractivity contribution < 1.29 is 15.0 Å². The average Bonchev–Trinajstić information content (AvgIpc) is 3.34. The molecule has 2 atom stereocenters. The summed E-state index contributed by atoms with van der Waals surface area (Å²) >= 11 is 0. The second-order valence-electron chi connectivity index (χ2n) is 20.0. The highest BCUT2D eigenvalue weighted by Gasteiger charge is 2.20. The van der Waals surface area contributed by atoms with Crippen LogP contribution in [0.2, 0.25) is 0 Å². The number of hydrogen-bond donors (Lipinski definition) is 3. The smallest absolute Gasteiger partial charge is 0.220 e. The number of aliphatic hydroxyl groups is 2. The largest absolute Gasteiger partial charge is 0.394 e. The van der Waals surface area contributed by atoms with Gasteiger partial charge in [0.2, 0.25) is 5.91 Å². The monoisotopic (exact) mass is 946 g/mol.